The van der Waals surface area contributed by atoms with Gasteiger partial charge in [0.1, 0.15) is 23.0 Å². The van der Waals surface area contributed by atoms with Crippen molar-refractivity contribution in [3.05, 3.63) is 41.5 Å². The van der Waals surface area contributed by atoms with Crippen LogP contribution in [0.3, 0.4) is 0 Å². The van der Waals surface area contributed by atoms with E-state index in [0.29, 0.717) is 11.4 Å². The maximum Gasteiger partial charge on any atom is 0.164 e. The zero-order valence-electron chi connectivity index (χ0n) is 15.2. The molecule has 0 amide bonds. The Labute approximate surface area is 146 Å². The van der Waals surface area contributed by atoms with Crippen LogP contribution in [0.15, 0.2) is 18.6 Å². The van der Waals surface area contributed by atoms with Crippen molar-refractivity contribution >= 4 is 17.0 Å². The smallest absolute Gasteiger partial charge is 0.164 e. The van der Waals surface area contributed by atoms with Gasteiger partial charge < -0.3 is 10.3 Å². The third-order valence-corrected chi connectivity index (χ3v) is 4.31. The molecule has 25 heavy (non-hydrogen) atoms. The molecule has 0 radical (unpaired) electrons. The molecular formula is C18H23FN6. The number of nitrogens with two attached hydrogens (primary N) is 1. The Morgan fingerprint density at radius 1 is 1.04 bits per heavy atom. The highest BCUT2D eigenvalue weighted by atomic mass is 19.1. The molecule has 3 aromatic rings. The van der Waals surface area contributed by atoms with Gasteiger partial charge in [-0.1, -0.05) is 27.7 Å². The number of pyridine rings is 1. The van der Waals surface area contributed by atoms with Gasteiger partial charge >= 0.3 is 0 Å². The number of aromatic nitrogens is 5. The van der Waals surface area contributed by atoms with Crippen LogP contribution in [0.4, 0.5) is 10.2 Å². The van der Waals surface area contributed by atoms with Gasteiger partial charge in [0.15, 0.2) is 5.65 Å². The number of halogens is 1. The third-order valence-electron chi connectivity index (χ3n) is 4.31. The predicted octanol–water partition coefficient (Wildman–Crippen LogP) is 3.80. The first-order valence-electron chi connectivity index (χ1n) is 8.44. The van der Waals surface area contributed by atoms with E-state index in [2.05, 4.69) is 37.7 Å². The van der Waals surface area contributed by atoms with E-state index in [1.807, 2.05) is 11.5 Å². The van der Waals surface area contributed by atoms with Gasteiger partial charge in [0.25, 0.3) is 0 Å². The molecule has 3 rings (SSSR count). The van der Waals surface area contributed by atoms with Crippen LogP contribution < -0.4 is 5.73 Å². The van der Waals surface area contributed by atoms with Crippen molar-refractivity contribution in [2.24, 2.45) is 0 Å². The van der Waals surface area contributed by atoms with Gasteiger partial charge in [0.05, 0.1) is 24.3 Å². The molecule has 0 aliphatic carbocycles. The molecule has 0 saturated carbocycles. The maximum absolute atomic E-state index is 13.6. The summed E-state index contributed by atoms with van der Waals surface area (Å²) in [6.45, 7) is 10.2. The predicted molar refractivity (Wildman–Crippen MR) is 95.9 cm³/mol. The highest BCUT2D eigenvalue weighted by molar-refractivity contribution is 5.74. The van der Waals surface area contributed by atoms with Gasteiger partial charge in [-0.25, -0.2) is 24.3 Å². The van der Waals surface area contributed by atoms with Crippen molar-refractivity contribution in [3.63, 3.8) is 0 Å². The summed E-state index contributed by atoms with van der Waals surface area (Å²) < 4.78 is 15.5. The summed E-state index contributed by atoms with van der Waals surface area (Å²) in [5, 5.41) is 0. The van der Waals surface area contributed by atoms with Crippen molar-refractivity contribution in [1.82, 2.24) is 24.5 Å². The first-order valence-corrected chi connectivity index (χ1v) is 8.44. The average molecular weight is 342 g/mol. The van der Waals surface area contributed by atoms with Crippen molar-refractivity contribution in [1.29, 1.82) is 0 Å². The summed E-state index contributed by atoms with van der Waals surface area (Å²) in [5.74, 6) is 1.08. The van der Waals surface area contributed by atoms with Crippen molar-refractivity contribution in [3.8, 4) is 0 Å². The Bertz CT molecular complexity index is 915. The molecule has 0 spiro atoms. The summed E-state index contributed by atoms with van der Waals surface area (Å²) in [6, 6.07) is 1.16. The number of rotatable bonds is 4. The number of imidazole rings is 1. The number of fused-ring (bicyclic) bond motifs is 1. The lowest BCUT2D eigenvalue weighted by Crippen LogP contribution is -2.12. The Hall–Kier alpha value is -2.57. The molecular weight excluding hydrogens is 319 g/mol. The van der Waals surface area contributed by atoms with Crippen LogP contribution in [-0.2, 0) is 0 Å². The first kappa shape index (κ1) is 17.3. The molecule has 0 saturated heterocycles. The van der Waals surface area contributed by atoms with Gasteiger partial charge in [0.2, 0.25) is 0 Å². The van der Waals surface area contributed by atoms with E-state index in [9.17, 15) is 4.39 Å². The molecule has 0 fully saturated rings. The minimum Gasteiger partial charge on any atom is -0.383 e. The zero-order chi connectivity index (χ0) is 18.3. The van der Waals surface area contributed by atoms with Crippen LogP contribution in [0.25, 0.3) is 11.2 Å². The van der Waals surface area contributed by atoms with Crippen LogP contribution in [0.1, 0.15) is 69.6 Å². The number of hydrogen-bond acceptors (Lipinski definition) is 5. The normalized spacial score (nSPS) is 13.1. The second-order valence-corrected chi connectivity index (χ2v) is 6.90. The second kappa shape index (κ2) is 6.38. The minimum atomic E-state index is -0.416. The van der Waals surface area contributed by atoms with E-state index >= 15 is 0 Å². The van der Waals surface area contributed by atoms with E-state index in [1.54, 1.807) is 6.33 Å². The Morgan fingerprint density at radius 3 is 2.40 bits per heavy atom. The minimum absolute atomic E-state index is 0.196. The van der Waals surface area contributed by atoms with E-state index in [0.717, 1.165) is 28.9 Å². The molecule has 0 aromatic carbocycles. The molecule has 0 aliphatic rings. The monoisotopic (exact) mass is 342 g/mol. The van der Waals surface area contributed by atoms with Gasteiger partial charge in [-0.15, -0.1) is 0 Å². The molecule has 1 atom stereocenters. The number of anilines is 1. The molecule has 0 bridgehead atoms. The van der Waals surface area contributed by atoms with Crippen molar-refractivity contribution in [2.45, 2.75) is 52.5 Å². The standard InChI is InChI=1S/C18H23FN6/c1-9(2)14-15-18(24-17(23-14)10(3)4)25(8-22-15)11(5)13-6-12(19)7-21-16(13)20/h6-11H,1-5H3,(H2,20,21). The number of nitrogens with zero attached hydrogens (tertiary/aromatic N) is 5. The van der Waals surface area contributed by atoms with Crippen LogP contribution in [-0.4, -0.2) is 24.5 Å². The Kier molecular flexibility index (Phi) is 4.41. The molecule has 132 valence electrons. The summed E-state index contributed by atoms with van der Waals surface area (Å²) >= 11 is 0. The van der Waals surface area contributed by atoms with Gasteiger partial charge in [-0.3, -0.25) is 0 Å². The highest BCUT2D eigenvalue weighted by Gasteiger charge is 2.21. The fourth-order valence-electron chi connectivity index (χ4n) is 2.85. The van der Waals surface area contributed by atoms with Crippen LogP contribution >= 0.6 is 0 Å². The quantitative estimate of drug-likeness (QED) is 0.780. The highest BCUT2D eigenvalue weighted by Crippen LogP contribution is 2.29. The molecule has 7 heteroatoms. The van der Waals surface area contributed by atoms with Gasteiger partial charge in [-0.05, 0) is 18.9 Å². The number of hydrogen-bond donors (Lipinski definition) is 1. The van der Waals surface area contributed by atoms with Gasteiger partial charge in [-0.2, -0.15) is 0 Å². The SMILES string of the molecule is CC(C)c1nc(C(C)C)c2ncn(C(C)c3cc(F)cnc3N)c2n1. The fourth-order valence-corrected chi connectivity index (χ4v) is 2.85. The van der Waals surface area contributed by atoms with E-state index in [4.69, 9.17) is 15.7 Å². The van der Waals surface area contributed by atoms with E-state index < -0.39 is 5.82 Å². The molecule has 3 aromatic heterocycles. The zero-order valence-corrected chi connectivity index (χ0v) is 15.2. The third kappa shape index (κ3) is 3.06. The maximum atomic E-state index is 13.6. The lowest BCUT2D eigenvalue weighted by atomic mass is 10.1. The summed E-state index contributed by atoms with van der Waals surface area (Å²) in [6.07, 6.45) is 2.83. The summed E-state index contributed by atoms with van der Waals surface area (Å²) in [5.41, 5.74) is 8.99. The van der Waals surface area contributed by atoms with Crippen LogP contribution in [0.2, 0.25) is 0 Å². The van der Waals surface area contributed by atoms with Gasteiger partial charge in [0, 0.05) is 11.5 Å². The summed E-state index contributed by atoms with van der Waals surface area (Å²) in [4.78, 5) is 17.8. The second-order valence-electron chi connectivity index (χ2n) is 6.90. The van der Waals surface area contributed by atoms with Crippen LogP contribution in [0, 0.1) is 5.82 Å². The lowest BCUT2D eigenvalue weighted by molar-refractivity contribution is 0.601. The van der Waals surface area contributed by atoms with E-state index in [-0.39, 0.29) is 17.9 Å². The lowest BCUT2D eigenvalue weighted by Gasteiger charge is -2.17. The Balaban J connectivity index is 2.21. The average Bonchev–Trinajstić information content (AvgIpc) is 2.99. The molecule has 2 N–H and O–H groups in total. The molecule has 6 nitrogen and oxygen atoms in total. The molecule has 0 aliphatic heterocycles. The molecule has 1 unspecified atom stereocenters. The van der Waals surface area contributed by atoms with Crippen molar-refractivity contribution < 1.29 is 4.39 Å². The number of nitrogen functional groups attached to an aromatic ring is 1. The summed E-state index contributed by atoms with van der Waals surface area (Å²) in [7, 11) is 0. The van der Waals surface area contributed by atoms with Crippen LogP contribution in [0.5, 0.6) is 0 Å². The largest absolute Gasteiger partial charge is 0.383 e. The Morgan fingerprint density at radius 2 is 1.76 bits per heavy atom. The first-order chi connectivity index (χ1) is 11.8. The van der Waals surface area contributed by atoms with Crippen molar-refractivity contribution in [2.75, 3.05) is 5.73 Å². The van der Waals surface area contributed by atoms with E-state index in [1.165, 1.54) is 6.07 Å². The topological polar surface area (TPSA) is 82.5 Å². The molecule has 3 heterocycles. The fraction of sp³-hybridized carbons (Fsp3) is 0.444.